The summed E-state index contributed by atoms with van der Waals surface area (Å²) in [6.07, 6.45) is 0. The van der Waals surface area contributed by atoms with E-state index in [1.165, 1.54) is 4.70 Å². The van der Waals surface area contributed by atoms with Crippen LogP contribution in [0.25, 0.3) is 10.1 Å². The smallest absolute Gasteiger partial charge is 0.264 e. The molecule has 1 N–H and O–H groups in total. The zero-order valence-electron chi connectivity index (χ0n) is 11.2. The van der Waals surface area contributed by atoms with E-state index in [0.717, 1.165) is 23.4 Å². The van der Waals surface area contributed by atoms with E-state index in [-0.39, 0.29) is 11.9 Å². The summed E-state index contributed by atoms with van der Waals surface area (Å²) in [6, 6.07) is 10.8. The lowest BCUT2D eigenvalue weighted by Crippen LogP contribution is -2.57. The average molecular weight is 274 g/mol. The molecule has 1 aliphatic heterocycles. The van der Waals surface area contributed by atoms with Crippen molar-refractivity contribution in [3.05, 3.63) is 35.2 Å². The molecule has 3 rings (SSSR count). The third kappa shape index (κ3) is 2.26. The Labute approximate surface area is 117 Å². The van der Waals surface area contributed by atoms with Crippen molar-refractivity contribution in [3.63, 3.8) is 0 Å². The second kappa shape index (κ2) is 4.94. The molecule has 1 saturated heterocycles. The molecule has 1 aliphatic rings. The van der Waals surface area contributed by atoms with Gasteiger partial charge in [0.1, 0.15) is 0 Å². The van der Waals surface area contributed by atoms with E-state index in [0.29, 0.717) is 6.04 Å². The minimum Gasteiger partial charge on any atom is -0.332 e. The van der Waals surface area contributed by atoms with Crippen LogP contribution >= 0.6 is 11.3 Å². The molecule has 0 aliphatic carbocycles. The molecule has 2 unspecified atom stereocenters. The van der Waals surface area contributed by atoms with Crippen molar-refractivity contribution in [3.8, 4) is 0 Å². The fourth-order valence-corrected chi connectivity index (χ4v) is 3.59. The fourth-order valence-electron chi connectivity index (χ4n) is 2.57. The van der Waals surface area contributed by atoms with Crippen LogP contribution in [-0.4, -0.2) is 36.0 Å². The maximum Gasteiger partial charge on any atom is 0.264 e. The van der Waals surface area contributed by atoms with E-state index < -0.39 is 0 Å². The number of thiophene rings is 1. The van der Waals surface area contributed by atoms with Crippen LogP contribution in [0.3, 0.4) is 0 Å². The molecule has 1 aromatic heterocycles. The summed E-state index contributed by atoms with van der Waals surface area (Å²) in [7, 11) is 0. The number of piperazine rings is 1. The number of benzene rings is 1. The first-order chi connectivity index (χ1) is 9.16. The van der Waals surface area contributed by atoms with Crippen LogP contribution < -0.4 is 5.32 Å². The molecule has 4 heteroatoms. The molecule has 2 aromatic rings. The first-order valence-electron chi connectivity index (χ1n) is 6.70. The van der Waals surface area contributed by atoms with Crippen molar-refractivity contribution in [2.24, 2.45) is 0 Å². The third-order valence-corrected chi connectivity index (χ3v) is 5.04. The Morgan fingerprint density at radius 1 is 1.37 bits per heavy atom. The lowest BCUT2D eigenvalue weighted by Gasteiger charge is -2.38. The van der Waals surface area contributed by atoms with Crippen LogP contribution in [0.4, 0.5) is 0 Å². The Morgan fingerprint density at radius 3 is 2.95 bits per heavy atom. The Kier molecular flexibility index (Phi) is 3.29. The average Bonchev–Trinajstić information content (AvgIpc) is 2.85. The molecule has 2 atom stereocenters. The van der Waals surface area contributed by atoms with Gasteiger partial charge in [-0.1, -0.05) is 18.2 Å². The number of hydrogen-bond donors (Lipinski definition) is 1. The van der Waals surface area contributed by atoms with Gasteiger partial charge in [0.15, 0.2) is 0 Å². The molecular formula is C15H18N2OS. The van der Waals surface area contributed by atoms with Crippen molar-refractivity contribution >= 4 is 27.3 Å². The summed E-state index contributed by atoms with van der Waals surface area (Å²) in [5.41, 5.74) is 0. The van der Waals surface area contributed by atoms with Crippen LogP contribution in [0.1, 0.15) is 23.5 Å². The predicted molar refractivity (Wildman–Crippen MR) is 79.8 cm³/mol. The molecule has 0 spiro atoms. The topological polar surface area (TPSA) is 32.3 Å². The number of carbonyl (C=O) groups is 1. The van der Waals surface area contributed by atoms with Gasteiger partial charge in [-0.15, -0.1) is 11.3 Å². The number of nitrogens with zero attached hydrogens (tertiary/aromatic N) is 1. The van der Waals surface area contributed by atoms with E-state index in [1.807, 2.05) is 23.1 Å². The zero-order chi connectivity index (χ0) is 13.4. The van der Waals surface area contributed by atoms with Gasteiger partial charge in [-0.05, 0) is 31.4 Å². The largest absolute Gasteiger partial charge is 0.332 e. The summed E-state index contributed by atoms with van der Waals surface area (Å²) >= 11 is 1.59. The molecule has 3 nitrogen and oxygen atoms in total. The van der Waals surface area contributed by atoms with Crippen LogP contribution in [0.5, 0.6) is 0 Å². The minimum absolute atomic E-state index is 0.169. The second-order valence-corrected chi connectivity index (χ2v) is 6.21. The van der Waals surface area contributed by atoms with Crippen LogP contribution in [0.15, 0.2) is 30.3 Å². The fraction of sp³-hybridized carbons (Fsp3) is 0.400. The van der Waals surface area contributed by atoms with Gasteiger partial charge in [-0.2, -0.15) is 0 Å². The highest BCUT2D eigenvalue weighted by molar-refractivity contribution is 7.20. The van der Waals surface area contributed by atoms with Gasteiger partial charge in [0.05, 0.1) is 4.88 Å². The van der Waals surface area contributed by atoms with Crippen molar-refractivity contribution in [2.45, 2.75) is 25.9 Å². The highest BCUT2D eigenvalue weighted by atomic mass is 32.1. The Bertz CT molecular complexity index is 574. The summed E-state index contributed by atoms with van der Waals surface area (Å²) in [6.45, 7) is 5.91. The number of carbonyl (C=O) groups excluding carboxylic acids is 1. The van der Waals surface area contributed by atoms with Gasteiger partial charge in [0.2, 0.25) is 0 Å². The van der Waals surface area contributed by atoms with E-state index in [1.54, 1.807) is 11.3 Å². The van der Waals surface area contributed by atoms with E-state index in [2.05, 4.69) is 31.3 Å². The SMILES string of the molecule is CC1NCCN(C(=O)c2cc3ccccc3s2)C1C. The lowest BCUT2D eigenvalue weighted by atomic mass is 10.1. The number of amides is 1. The minimum atomic E-state index is 0.169. The molecule has 2 heterocycles. The van der Waals surface area contributed by atoms with Crippen LogP contribution in [0, 0.1) is 0 Å². The molecule has 0 bridgehead atoms. The maximum atomic E-state index is 12.6. The maximum absolute atomic E-state index is 12.6. The number of nitrogens with one attached hydrogen (secondary N) is 1. The quantitative estimate of drug-likeness (QED) is 0.867. The first-order valence-corrected chi connectivity index (χ1v) is 7.51. The molecule has 1 aromatic carbocycles. The summed E-state index contributed by atoms with van der Waals surface area (Å²) in [4.78, 5) is 15.5. The predicted octanol–water partition coefficient (Wildman–Crippen LogP) is 2.72. The first kappa shape index (κ1) is 12.6. The highest BCUT2D eigenvalue weighted by Crippen LogP contribution is 2.27. The van der Waals surface area contributed by atoms with Crippen molar-refractivity contribution in [1.29, 1.82) is 0 Å². The zero-order valence-corrected chi connectivity index (χ0v) is 12.0. The second-order valence-electron chi connectivity index (χ2n) is 5.13. The van der Waals surface area contributed by atoms with Crippen LogP contribution in [-0.2, 0) is 0 Å². The van der Waals surface area contributed by atoms with Gasteiger partial charge >= 0.3 is 0 Å². The van der Waals surface area contributed by atoms with Gasteiger partial charge in [0, 0.05) is 29.9 Å². The Morgan fingerprint density at radius 2 is 2.16 bits per heavy atom. The standard InChI is InChI=1S/C15H18N2OS/c1-10-11(2)17(8-7-16-10)15(18)14-9-12-5-3-4-6-13(12)19-14/h3-6,9-11,16H,7-8H2,1-2H3. The monoisotopic (exact) mass is 274 g/mol. The Hall–Kier alpha value is -1.39. The van der Waals surface area contributed by atoms with Gasteiger partial charge in [-0.3, -0.25) is 4.79 Å². The van der Waals surface area contributed by atoms with Crippen LogP contribution in [0.2, 0.25) is 0 Å². The van der Waals surface area contributed by atoms with E-state index >= 15 is 0 Å². The molecule has 0 saturated carbocycles. The molecular weight excluding hydrogens is 256 g/mol. The molecule has 100 valence electrons. The molecule has 1 amide bonds. The van der Waals surface area contributed by atoms with Crippen molar-refractivity contribution < 1.29 is 4.79 Å². The summed E-state index contributed by atoms with van der Waals surface area (Å²) in [5, 5.41) is 4.56. The normalized spacial score (nSPS) is 23.8. The molecule has 0 radical (unpaired) electrons. The lowest BCUT2D eigenvalue weighted by molar-refractivity contribution is 0.0608. The number of fused-ring (bicyclic) bond motifs is 1. The van der Waals surface area contributed by atoms with E-state index in [4.69, 9.17) is 0 Å². The van der Waals surface area contributed by atoms with Gasteiger partial charge in [0.25, 0.3) is 5.91 Å². The summed E-state index contributed by atoms with van der Waals surface area (Å²) in [5.74, 6) is 0.169. The van der Waals surface area contributed by atoms with E-state index in [9.17, 15) is 4.79 Å². The van der Waals surface area contributed by atoms with Crippen molar-refractivity contribution in [1.82, 2.24) is 10.2 Å². The summed E-state index contributed by atoms with van der Waals surface area (Å²) < 4.78 is 1.18. The van der Waals surface area contributed by atoms with Gasteiger partial charge < -0.3 is 10.2 Å². The Balaban J connectivity index is 1.90. The number of rotatable bonds is 1. The molecule has 1 fully saturated rings. The van der Waals surface area contributed by atoms with Crippen molar-refractivity contribution in [2.75, 3.05) is 13.1 Å². The molecule has 19 heavy (non-hydrogen) atoms. The van der Waals surface area contributed by atoms with Gasteiger partial charge in [-0.25, -0.2) is 0 Å². The third-order valence-electron chi connectivity index (χ3n) is 3.93. The number of hydrogen-bond acceptors (Lipinski definition) is 3. The highest BCUT2D eigenvalue weighted by Gasteiger charge is 2.29.